The van der Waals surface area contributed by atoms with Crippen LogP contribution in [0.5, 0.6) is 0 Å². The predicted molar refractivity (Wildman–Crippen MR) is 202 cm³/mol. The van der Waals surface area contributed by atoms with Gasteiger partial charge in [-0.15, -0.1) is 0 Å². The Morgan fingerprint density at radius 3 is 2.24 bits per heavy atom. The molecule has 298 valence electrons. The number of alkyl carbamates (subject to hydrolysis) is 1. The van der Waals surface area contributed by atoms with Gasteiger partial charge < -0.3 is 40.9 Å². The summed E-state index contributed by atoms with van der Waals surface area (Å²) >= 11 is 0. The van der Waals surface area contributed by atoms with Crippen molar-refractivity contribution in [1.82, 2.24) is 31.1 Å². The molecule has 14 nitrogen and oxygen atoms in total. The zero-order valence-corrected chi connectivity index (χ0v) is 32.9. The lowest BCUT2D eigenvalue weighted by atomic mass is 9.97. The highest BCUT2D eigenvalue weighted by molar-refractivity contribution is 5.94. The number of nitrogens with zero attached hydrogens (tertiary/aromatic N) is 2. The van der Waals surface area contributed by atoms with E-state index in [1.54, 1.807) is 70.1 Å². The van der Waals surface area contributed by atoms with Gasteiger partial charge in [-0.05, 0) is 82.1 Å². The van der Waals surface area contributed by atoms with Crippen molar-refractivity contribution in [2.45, 2.75) is 122 Å². The van der Waals surface area contributed by atoms with Gasteiger partial charge in [0.2, 0.25) is 23.6 Å². The van der Waals surface area contributed by atoms with Crippen molar-refractivity contribution in [3.05, 3.63) is 48.0 Å². The third-order valence-electron chi connectivity index (χ3n) is 10.7. The molecule has 0 radical (unpaired) electrons. The summed E-state index contributed by atoms with van der Waals surface area (Å²) in [5.41, 5.74) is -0.401. The van der Waals surface area contributed by atoms with Crippen molar-refractivity contribution in [1.29, 1.82) is 0 Å². The summed E-state index contributed by atoms with van der Waals surface area (Å²) in [6, 6.07) is 4.96. The standard InChI is InChI=1S/C40H60N6O8/c1-39(2,3)54-38(53)43-28-22-18-13-11-9-8-10-12-17-21-27(42-34(49)32-30-26(40(30,4)5)24-46(32)36(28)51)33(48)35(50)41-23-29(47)44-31(37(52)45(6)7)25-19-15-14-16-20-25/h8-9,14-16,19-20,26-28,30-33,48H,10-13,17-18,21-24H2,1-7H3,(H,41,50)(H,42,49)(H,43,53)(H,44,47)/t26-,27-,28-,30-,31-,32-,33?/m0/s1. The van der Waals surface area contributed by atoms with Crippen LogP contribution >= 0.6 is 0 Å². The second kappa shape index (κ2) is 18.2. The minimum atomic E-state index is -1.71. The number of hydrogen-bond acceptors (Lipinski definition) is 8. The number of piperidine rings is 1. The quantitative estimate of drug-likeness (QED) is 0.251. The van der Waals surface area contributed by atoms with E-state index in [4.69, 9.17) is 4.74 Å². The highest BCUT2D eigenvalue weighted by Gasteiger charge is 2.69. The van der Waals surface area contributed by atoms with Crippen molar-refractivity contribution in [2.24, 2.45) is 17.3 Å². The first kappa shape index (κ1) is 42.3. The predicted octanol–water partition coefficient (Wildman–Crippen LogP) is 2.96. The molecule has 2 heterocycles. The monoisotopic (exact) mass is 752 g/mol. The first-order valence-corrected chi connectivity index (χ1v) is 19.2. The molecule has 1 aromatic rings. The maximum Gasteiger partial charge on any atom is 0.408 e. The molecular formula is C40H60N6O8. The summed E-state index contributed by atoms with van der Waals surface area (Å²) in [7, 11) is 3.15. The Morgan fingerprint density at radius 2 is 1.63 bits per heavy atom. The number of ether oxygens (including phenoxy) is 1. The number of carbonyl (C=O) groups excluding carboxylic acids is 6. The van der Waals surface area contributed by atoms with E-state index in [1.165, 1.54) is 4.90 Å². The van der Waals surface area contributed by atoms with Gasteiger partial charge in [0.15, 0.2) is 6.10 Å². The zero-order chi connectivity index (χ0) is 39.8. The molecule has 4 rings (SSSR count). The normalized spacial score (nSPS) is 25.8. The van der Waals surface area contributed by atoms with Crippen LogP contribution in [0.15, 0.2) is 42.5 Å². The Balaban J connectivity index is 1.50. The average Bonchev–Trinajstić information content (AvgIpc) is 3.41. The van der Waals surface area contributed by atoms with Gasteiger partial charge in [0.05, 0.1) is 12.6 Å². The summed E-state index contributed by atoms with van der Waals surface area (Å²) in [5, 5.41) is 22.2. The molecule has 2 aliphatic heterocycles. The van der Waals surface area contributed by atoms with E-state index < -0.39 is 66.2 Å². The number of rotatable bonds is 8. The molecule has 1 aliphatic carbocycles. The van der Waals surface area contributed by atoms with Crippen LogP contribution in [-0.2, 0) is 28.7 Å². The molecule has 1 unspecified atom stereocenters. The molecule has 0 aromatic heterocycles. The fourth-order valence-electron chi connectivity index (χ4n) is 7.63. The first-order valence-electron chi connectivity index (χ1n) is 19.2. The molecular weight excluding hydrogens is 692 g/mol. The number of allylic oxidation sites excluding steroid dienone is 2. The molecule has 54 heavy (non-hydrogen) atoms. The van der Waals surface area contributed by atoms with Gasteiger partial charge in [0.25, 0.3) is 5.91 Å². The Kier molecular flexibility index (Phi) is 14.3. The van der Waals surface area contributed by atoms with Crippen LogP contribution in [0, 0.1) is 17.3 Å². The number of carbonyl (C=O) groups is 6. The minimum absolute atomic E-state index is 0.0689. The van der Waals surface area contributed by atoms with E-state index in [-0.39, 0.29) is 35.5 Å². The minimum Gasteiger partial charge on any atom is -0.444 e. The molecule has 1 saturated carbocycles. The van der Waals surface area contributed by atoms with Crippen molar-refractivity contribution < 1.29 is 38.6 Å². The summed E-state index contributed by atoms with van der Waals surface area (Å²) in [4.78, 5) is 83.4. The summed E-state index contributed by atoms with van der Waals surface area (Å²) in [5.74, 6) is -2.78. The topological polar surface area (TPSA) is 186 Å². The third kappa shape index (κ3) is 11.0. The maximum atomic E-state index is 14.2. The molecule has 2 fully saturated rings. The van der Waals surface area contributed by atoms with E-state index in [1.807, 2.05) is 0 Å². The van der Waals surface area contributed by atoms with Gasteiger partial charge in [-0.2, -0.15) is 0 Å². The number of benzene rings is 1. The van der Waals surface area contributed by atoms with Gasteiger partial charge >= 0.3 is 6.09 Å². The van der Waals surface area contributed by atoms with Gasteiger partial charge in [0, 0.05) is 20.6 Å². The highest BCUT2D eigenvalue weighted by atomic mass is 16.6. The fourth-order valence-corrected chi connectivity index (χ4v) is 7.63. The first-order chi connectivity index (χ1) is 25.4. The van der Waals surface area contributed by atoms with Crippen LogP contribution in [0.2, 0.25) is 0 Å². The van der Waals surface area contributed by atoms with Crippen LogP contribution in [-0.4, -0.2) is 108 Å². The van der Waals surface area contributed by atoms with E-state index in [9.17, 15) is 33.9 Å². The molecule has 1 saturated heterocycles. The number of amides is 6. The van der Waals surface area contributed by atoms with E-state index >= 15 is 0 Å². The summed E-state index contributed by atoms with van der Waals surface area (Å²) < 4.78 is 5.48. The lowest BCUT2D eigenvalue weighted by molar-refractivity contribution is -0.143. The third-order valence-corrected chi connectivity index (χ3v) is 10.7. The highest BCUT2D eigenvalue weighted by Crippen LogP contribution is 2.65. The van der Waals surface area contributed by atoms with Gasteiger partial charge in [-0.3, -0.25) is 24.0 Å². The van der Waals surface area contributed by atoms with Crippen LogP contribution in [0.1, 0.15) is 97.6 Å². The summed E-state index contributed by atoms with van der Waals surface area (Å²) in [6.07, 6.45) is 6.82. The molecule has 0 bridgehead atoms. The SMILES string of the molecule is CN(C)C(=O)[C@@H](NC(=O)CNC(=O)C(O)[C@@H]1CCCCC=CCCCC[C@H](NC(=O)OC(C)(C)C)C(=O)N2C[C@H]3[C@@H]([C@H]2C(=O)N1)C3(C)C)c1ccccc1. The second-order valence-electron chi connectivity index (χ2n) is 16.5. The lowest BCUT2D eigenvalue weighted by Crippen LogP contribution is -2.59. The Bertz CT molecular complexity index is 1540. The Morgan fingerprint density at radius 1 is 1.00 bits per heavy atom. The van der Waals surface area contributed by atoms with Crippen LogP contribution in [0.25, 0.3) is 0 Å². The van der Waals surface area contributed by atoms with E-state index in [0.29, 0.717) is 31.4 Å². The maximum absolute atomic E-state index is 14.2. The van der Waals surface area contributed by atoms with Crippen molar-refractivity contribution >= 4 is 35.6 Å². The number of likely N-dealkylation sites (N-methyl/N-ethyl adjacent to an activating group) is 1. The van der Waals surface area contributed by atoms with Gasteiger partial charge in [0.1, 0.15) is 23.7 Å². The van der Waals surface area contributed by atoms with Crippen molar-refractivity contribution in [3.63, 3.8) is 0 Å². The molecule has 0 spiro atoms. The molecule has 3 aliphatic rings. The van der Waals surface area contributed by atoms with Crippen molar-refractivity contribution in [2.75, 3.05) is 27.2 Å². The largest absolute Gasteiger partial charge is 0.444 e. The van der Waals surface area contributed by atoms with Gasteiger partial charge in [-0.25, -0.2) is 4.79 Å². The molecule has 14 heteroatoms. The number of aliphatic hydroxyl groups excluding tert-OH is 1. The van der Waals surface area contributed by atoms with E-state index in [0.717, 1.165) is 25.7 Å². The van der Waals surface area contributed by atoms with Crippen molar-refractivity contribution in [3.8, 4) is 0 Å². The van der Waals surface area contributed by atoms with Crippen LogP contribution in [0.3, 0.4) is 0 Å². The average molecular weight is 753 g/mol. The molecule has 6 amide bonds. The number of aliphatic hydroxyl groups is 1. The smallest absolute Gasteiger partial charge is 0.408 e. The van der Waals surface area contributed by atoms with Gasteiger partial charge in [-0.1, -0.05) is 69.2 Å². The Labute approximate surface area is 319 Å². The Hall–Kier alpha value is -4.46. The second-order valence-corrected chi connectivity index (χ2v) is 16.5. The fraction of sp³-hybridized carbons (Fsp3) is 0.650. The number of fused-ring (bicyclic) bond motifs is 3. The number of hydrogen-bond donors (Lipinski definition) is 5. The van der Waals surface area contributed by atoms with E-state index in [2.05, 4.69) is 47.3 Å². The van der Waals surface area contributed by atoms with Crippen LogP contribution < -0.4 is 21.3 Å². The molecule has 7 atom stereocenters. The zero-order valence-electron chi connectivity index (χ0n) is 32.9. The van der Waals surface area contributed by atoms with Crippen LogP contribution in [0.4, 0.5) is 4.79 Å². The summed E-state index contributed by atoms with van der Waals surface area (Å²) in [6.45, 7) is 9.18. The lowest BCUT2D eigenvalue weighted by Gasteiger charge is -2.34. The molecule has 5 N–H and O–H groups in total. The number of nitrogens with one attached hydrogen (secondary N) is 4. The molecule has 1 aromatic carbocycles.